The van der Waals surface area contributed by atoms with Crippen LogP contribution in [0.5, 0.6) is 5.75 Å². The number of thioether (sulfide) groups is 1. The van der Waals surface area contributed by atoms with Gasteiger partial charge in [0, 0.05) is 12.7 Å². The summed E-state index contributed by atoms with van der Waals surface area (Å²) in [5.41, 5.74) is 0.223. The Morgan fingerprint density at radius 3 is 2.68 bits per heavy atom. The maximum Gasteiger partial charge on any atom is 0.335 e. The lowest BCUT2D eigenvalue weighted by Crippen LogP contribution is -2.04. The van der Waals surface area contributed by atoms with E-state index in [0.717, 1.165) is 4.34 Å². The van der Waals surface area contributed by atoms with Crippen molar-refractivity contribution in [1.82, 2.24) is 10.2 Å². The first kappa shape index (κ1) is 16.2. The van der Waals surface area contributed by atoms with Crippen LogP contribution < -0.4 is 10.1 Å². The van der Waals surface area contributed by atoms with Crippen LogP contribution in [-0.2, 0) is 4.79 Å². The quantitative estimate of drug-likeness (QED) is 0.453. The number of aromatic carboxylic acids is 1. The molecule has 1 amide bonds. The van der Waals surface area contributed by atoms with Gasteiger partial charge in [-0.1, -0.05) is 23.1 Å². The Morgan fingerprint density at radius 1 is 1.32 bits per heavy atom. The number of nitrogens with zero attached hydrogens (tertiary/aromatic N) is 2. The minimum absolute atomic E-state index is 0.180. The number of benzene rings is 1. The van der Waals surface area contributed by atoms with E-state index < -0.39 is 5.97 Å². The van der Waals surface area contributed by atoms with Crippen LogP contribution in [0.1, 0.15) is 17.3 Å². The Labute approximate surface area is 134 Å². The summed E-state index contributed by atoms with van der Waals surface area (Å²) in [5, 5.41) is 19.6. The lowest BCUT2D eigenvalue weighted by atomic mass is 10.2. The maximum atomic E-state index is 10.9. The summed E-state index contributed by atoms with van der Waals surface area (Å²) in [4.78, 5) is 21.6. The largest absolute Gasteiger partial charge is 0.493 e. The minimum atomic E-state index is -0.964. The Kier molecular flexibility index (Phi) is 5.73. The lowest BCUT2D eigenvalue weighted by Gasteiger charge is -2.05. The predicted octanol–water partition coefficient (Wildman–Crippen LogP) is 2.37. The van der Waals surface area contributed by atoms with Crippen LogP contribution in [0.15, 0.2) is 28.6 Å². The predicted molar refractivity (Wildman–Crippen MR) is 83.8 cm³/mol. The molecule has 22 heavy (non-hydrogen) atoms. The summed E-state index contributed by atoms with van der Waals surface area (Å²) in [6, 6.07) is 6.23. The highest BCUT2D eigenvalue weighted by molar-refractivity contribution is 8.01. The van der Waals surface area contributed by atoms with E-state index in [1.165, 1.54) is 42.2 Å². The SMILES string of the molecule is CC(=O)Nc1nnc(SCCOc2ccc(C(=O)O)cc2)s1. The second-order valence-corrected chi connectivity index (χ2v) is 6.40. The zero-order chi connectivity index (χ0) is 15.9. The van der Waals surface area contributed by atoms with Gasteiger partial charge in [0.05, 0.1) is 12.2 Å². The summed E-state index contributed by atoms with van der Waals surface area (Å²) in [6.45, 7) is 1.86. The molecular formula is C13H13N3O4S2. The van der Waals surface area contributed by atoms with Gasteiger partial charge in [0.1, 0.15) is 5.75 Å². The van der Waals surface area contributed by atoms with Crippen molar-refractivity contribution in [3.05, 3.63) is 29.8 Å². The second-order valence-electron chi connectivity index (χ2n) is 4.08. The van der Waals surface area contributed by atoms with Crippen LogP contribution in [0.3, 0.4) is 0 Å². The summed E-state index contributed by atoms with van der Waals surface area (Å²) in [7, 11) is 0. The van der Waals surface area contributed by atoms with Crippen LogP contribution in [0, 0.1) is 0 Å². The number of aromatic nitrogens is 2. The van der Waals surface area contributed by atoms with Gasteiger partial charge >= 0.3 is 5.97 Å². The Balaban J connectivity index is 1.73. The number of ether oxygens (including phenoxy) is 1. The van der Waals surface area contributed by atoms with Crippen molar-refractivity contribution < 1.29 is 19.4 Å². The minimum Gasteiger partial charge on any atom is -0.493 e. The second kappa shape index (κ2) is 7.76. The number of rotatable bonds is 7. The van der Waals surface area contributed by atoms with Crippen molar-refractivity contribution in [1.29, 1.82) is 0 Å². The van der Waals surface area contributed by atoms with Gasteiger partial charge in [0.25, 0.3) is 0 Å². The number of carbonyl (C=O) groups is 2. The van der Waals surface area contributed by atoms with Gasteiger partial charge in [0.2, 0.25) is 11.0 Å². The third-order valence-corrected chi connectivity index (χ3v) is 4.30. The molecular weight excluding hydrogens is 326 g/mol. The standard InChI is InChI=1S/C13H13N3O4S2/c1-8(17)14-12-15-16-13(22-12)21-7-6-20-10-4-2-9(3-5-10)11(18)19/h2-5H,6-7H2,1H3,(H,18,19)(H,14,15,17). The Hall–Kier alpha value is -2.13. The molecule has 1 aromatic carbocycles. The third kappa shape index (κ3) is 5.01. The van der Waals surface area contributed by atoms with Crippen LogP contribution in [0.2, 0.25) is 0 Å². The molecule has 0 saturated carbocycles. The molecule has 1 aromatic heterocycles. The van der Waals surface area contributed by atoms with Crippen molar-refractivity contribution >= 4 is 40.1 Å². The molecule has 2 aromatic rings. The van der Waals surface area contributed by atoms with E-state index in [-0.39, 0.29) is 11.5 Å². The van der Waals surface area contributed by atoms with E-state index >= 15 is 0 Å². The molecule has 1 heterocycles. The highest BCUT2D eigenvalue weighted by atomic mass is 32.2. The fourth-order valence-corrected chi connectivity index (χ4v) is 3.14. The van der Waals surface area contributed by atoms with Crippen molar-refractivity contribution in [2.24, 2.45) is 0 Å². The van der Waals surface area contributed by atoms with Gasteiger partial charge < -0.3 is 15.2 Å². The summed E-state index contributed by atoms with van der Waals surface area (Å²) in [6.07, 6.45) is 0. The number of carboxylic acid groups (broad SMARTS) is 1. The molecule has 0 atom stereocenters. The van der Waals surface area contributed by atoms with Crippen LogP contribution in [0.4, 0.5) is 5.13 Å². The number of amides is 1. The zero-order valence-electron chi connectivity index (χ0n) is 11.6. The normalized spacial score (nSPS) is 10.2. The van der Waals surface area contributed by atoms with Gasteiger partial charge in [-0.2, -0.15) is 0 Å². The van der Waals surface area contributed by atoms with Crippen LogP contribution in [-0.4, -0.2) is 39.5 Å². The number of anilines is 1. The van der Waals surface area contributed by atoms with Gasteiger partial charge in [-0.05, 0) is 24.3 Å². The average Bonchev–Trinajstić information content (AvgIpc) is 2.91. The summed E-state index contributed by atoms with van der Waals surface area (Å²) >= 11 is 2.77. The highest BCUT2D eigenvalue weighted by Crippen LogP contribution is 2.25. The van der Waals surface area contributed by atoms with E-state index in [0.29, 0.717) is 23.2 Å². The molecule has 0 aliphatic rings. The van der Waals surface area contributed by atoms with E-state index in [9.17, 15) is 9.59 Å². The van der Waals surface area contributed by atoms with E-state index in [1.54, 1.807) is 12.1 Å². The van der Waals surface area contributed by atoms with Crippen LogP contribution >= 0.6 is 23.1 Å². The van der Waals surface area contributed by atoms with E-state index in [1.807, 2.05) is 0 Å². The molecule has 0 saturated heterocycles. The average molecular weight is 339 g/mol. The zero-order valence-corrected chi connectivity index (χ0v) is 13.2. The molecule has 0 spiro atoms. The number of nitrogens with one attached hydrogen (secondary N) is 1. The Morgan fingerprint density at radius 2 is 2.05 bits per heavy atom. The van der Waals surface area contributed by atoms with Gasteiger partial charge in [0.15, 0.2) is 4.34 Å². The molecule has 0 unspecified atom stereocenters. The van der Waals surface area contributed by atoms with Crippen molar-refractivity contribution in [2.75, 3.05) is 17.7 Å². The fraction of sp³-hybridized carbons (Fsp3) is 0.231. The third-order valence-electron chi connectivity index (χ3n) is 2.37. The molecule has 0 radical (unpaired) electrons. The van der Waals surface area contributed by atoms with Crippen molar-refractivity contribution in [2.45, 2.75) is 11.3 Å². The maximum absolute atomic E-state index is 10.9. The smallest absolute Gasteiger partial charge is 0.335 e. The molecule has 0 aliphatic carbocycles. The number of carbonyl (C=O) groups excluding carboxylic acids is 1. The van der Waals surface area contributed by atoms with Gasteiger partial charge in [-0.25, -0.2) is 4.79 Å². The molecule has 0 fully saturated rings. The van der Waals surface area contributed by atoms with Gasteiger partial charge in [-0.15, -0.1) is 10.2 Å². The molecule has 0 bridgehead atoms. The highest BCUT2D eigenvalue weighted by Gasteiger charge is 2.06. The first-order valence-corrected chi connectivity index (χ1v) is 8.05. The fourth-order valence-electron chi connectivity index (χ4n) is 1.45. The first-order valence-electron chi connectivity index (χ1n) is 6.24. The van der Waals surface area contributed by atoms with Gasteiger partial charge in [-0.3, -0.25) is 4.79 Å². The molecule has 7 nitrogen and oxygen atoms in total. The molecule has 2 N–H and O–H groups in total. The van der Waals surface area contributed by atoms with Crippen molar-refractivity contribution in [3.63, 3.8) is 0 Å². The van der Waals surface area contributed by atoms with Crippen molar-refractivity contribution in [3.8, 4) is 5.75 Å². The first-order chi connectivity index (χ1) is 10.5. The number of carboxylic acids is 1. The van der Waals surface area contributed by atoms with Crippen LogP contribution in [0.25, 0.3) is 0 Å². The number of hydrogen-bond acceptors (Lipinski definition) is 7. The van der Waals surface area contributed by atoms with E-state index in [2.05, 4.69) is 15.5 Å². The summed E-state index contributed by atoms with van der Waals surface area (Å²) < 4.78 is 6.25. The molecule has 2 rings (SSSR count). The summed E-state index contributed by atoms with van der Waals surface area (Å²) in [5.74, 6) is 0.131. The molecule has 0 aliphatic heterocycles. The molecule has 116 valence electrons. The topological polar surface area (TPSA) is 101 Å². The Bertz CT molecular complexity index is 658. The number of hydrogen-bond donors (Lipinski definition) is 2. The molecule has 9 heteroatoms. The lowest BCUT2D eigenvalue weighted by molar-refractivity contribution is -0.114. The van der Waals surface area contributed by atoms with E-state index in [4.69, 9.17) is 9.84 Å². The monoisotopic (exact) mass is 339 g/mol.